The fourth-order valence-electron chi connectivity index (χ4n) is 2.46. The highest BCUT2D eigenvalue weighted by Gasteiger charge is 2.57. The van der Waals surface area contributed by atoms with E-state index in [0.29, 0.717) is 10.8 Å². The zero-order chi connectivity index (χ0) is 6.66. The summed E-state index contributed by atoms with van der Waals surface area (Å²) in [4.78, 5) is 0. The molecule has 0 heteroatoms. The van der Waals surface area contributed by atoms with Crippen LogP contribution in [0.15, 0.2) is 24.3 Å². The molecule has 0 aliphatic heterocycles. The third-order valence-electron chi connectivity index (χ3n) is 3.44. The molecular weight excluding hydrogens is 120 g/mol. The van der Waals surface area contributed by atoms with Crippen LogP contribution >= 0.6 is 0 Å². The molecule has 0 aromatic heterocycles. The second-order valence-corrected chi connectivity index (χ2v) is 3.95. The Bertz CT molecular complexity index is 194. The van der Waals surface area contributed by atoms with E-state index in [2.05, 4.69) is 24.3 Å². The van der Waals surface area contributed by atoms with Gasteiger partial charge in [0.25, 0.3) is 0 Å². The maximum absolute atomic E-state index is 2.41. The molecule has 10 heavy (non-hydrogen) atoms. The summed E-state index contributed by atoms with van der Waals surface area (Å²) in [5.74, 6) is 0. The normalized spacial score (nSPS) is 35.2. The maximum atomic E-state index is 2.41. The molecule has 3 rings (SSSR count). The van der Waals surface area contributed by atoms with Gasteiger partial charge in [-0.1, -0.05) is 37.1 Å². The molecule has 2 spiro atoms. The van der Waals surface area contributed by atoms with Gasteiger partial charge in [-0.2, -0.15) is 0 Å². The van der Waals surface area contributed by atoms with Crippen molar-refractivity contribution < 1.29 is 0 Å². The van der Waals surface area contributed by atoms with E-state index in [1.807, 2.05) is 0 Å². The van der Waals surface area contributed by atoms with Gasteiger partial charge in [0.05, 0.1) is 0 Å². The highest BCUT2D eigenvalue weighted by molar-refractivity contribution is 5.46. The average Bonchev–Trinajstić information content (AvgIpc) is 2.72. The fraction of sp³-hybridized carbons (Fsp3) is 0.600. The Morgan fingerprint density at radius 3 is 1.40 bits per heavy atom. The molecule has 3 aliphatic carbocycles. The lowest BCUT2D eigenvalue weighted by Gasteiger charge is -2.32. The van der Waals surface area contributed by atoms with Crippen molar-refractivity contribution in [3.8, 4) is 0 Å². The van der Waals surface area contributed by atoms with Crippen molar-refractivity contribution in [2.75, 3.05) is 0 Å². The minimum absolute atomic E-state index is 0.575. The van der Waals surface area contributed by atoms with Gasteiger partial charge in [-0.3, -0.25) is 0 Å². The summed E-state index contributed by atoms with van der Waals surface area (Å²) in [5, 5.41) is 0. The molecule has 3 aliphatic rings. The maximum Gasteiger partial charge on any atom is 0.0188 e. The van der Waals surface area contributed by atoms with Crippen LogP contribution in [0.5, 0.6) is 0 Å². The van der Waals surface area contributed by atoms with Crippen molar-refractivity contribution in [1.82, 2.24) is 0 Å². The third kappa shape index (κ3) is 0.416. The second-order valence-electron chi connectivity index (χ2n) is 3.95. The van der Waals surface area contributed by atoms with Gasteiger partial charge < -0.3 is 0 Å². The lowest BCUT2D eigenvalue weighted by molar-refractivity contribution is 0.247. The lowest BCUT2D eigenvalue weighted by atomic mass is 9.70. The number of hydrogen-bond donors (Lipinski definition) is 0. The van der Waals surface area contributed by atoms with Crippen molar-refractivity contribution >= 4 is 0 Å². The first-order valence-electron chi connectivity index (χ1n) is 4.28. The standard InChI is InChI=1S/C10H12/c1-2-4-10(7-8-10)9(3-1)5-6-9/h5-8H,1-4H2. The molecule has 52 valence electrons. The average molecular weight is 132 g/mol. The molecule has 0 saturated heterocycles. The van der Waals surface area contributed by atoms with E-state index in [0.717, 1.165) is 0 Å². The number of allylic oxidation sites excluding steroid dienone is 4. The van der Waals surface area contributed by atoms with Gasteiger partial charge in [-0.15, -0.1) is 0 Å². The number of fused-ring (bicyclic) bond motifs is 1. The van der Waals surface area contributed by atoms with Crippen LogP contribution in [0.4, 0.5) is 0 Å². The molecule has 1 fully saturated rings. The molecule has 0 atom stereocenters. The van der Waals surface area contributed by atoms with E-state index in [-0.39, 0.29) is 0 Å². The fourth-order valence-corrected chi connectivity index (χ4v) is 2.46. The quantitative estimate of drug-likeness (QED) is 0.444. The lowest BCUT2D eigenvalue weighted by Crippen LogP contribution is -2.24. The van der Waals surface area contributed by atoms with Crippen molar-refractivity contribution in [1.29, 1.82) is 0 Å². The summed E-state index contributed by atoms with van der Waals surface area (Å²) in [5.41, 5.74) is 1.15. The molecule has 1 saturated carbocycles. The molecule has 0 nitrogen and oxygen atoms in total. The van der Waals surface area contributed by atoms with E-state index < -0.39 is 0 Å². The molecule has 0 unspecified atom stereocenters. The Morgan fingerprint density at radius 1 is 0.700 bits per heavy atom. The van der Waals surface area contributed by atoms with Crippen LogP contribution in [0.2, 0.25) is 0 Å². The topological polar surface area (TPSA) is 0 Å². The van der Waals surface area contributed by atoms with Crippen molar-refractivity contribution in [3.63, 3.8) is 0 Å². The first-order chi connectivity index (χ1) is 4.87. The minimum atomic E-state index is 0.575. The van der Waals surface area contributed by atoms with Gasteiger partial charge in [0.2, 0.25) is 0 Å². The van der Waals surface area contributed by atoms with Crippen LogP contribution in [0.3, 0.4) is 0 Å². The highest BCUT2D eigenvalue weighted by Crippen LogP contribution is 2.66. The Balaban J connectivity index is 1.92. The number of hydrogen-bond acceptors (Lipinski definition) is 0. The molecular formula is C10H12. The monoisotopic (exact) mass is 132 g/mol. The van der Waals surface area contributed by atoms with E-state index in [9.17, 15) is 0 Å². The van der Waals surface area contributed by atoms with Crippen molar-refractivity contribution in [2.45, 2.75) is 25.7 Å². The van der Waals surface area contributed by atoms with Crippen LogP contribution < -0.4 is 0 Å². The summed E-state index contributed by atoms with van der Waals surface area (Å²) in [6, 6.07) is 0. The first kappa shape index (κ1) is 5.17. The van der Waals surface area contributed by atoms with Crippen LogP contribution in [0.25, 0.3) is 0 Å². The van der Waals surface area contributed by atoms with E-state index >= 15 is 0 Å². The van der Waals surface area contributed by atoms with Crippen LogP contribution in [-0.4, -0.2) is 0 Å². The predicted octanol–water partition coefficient (Wildman–Crippen LogP) is 2.67. The van der Waals surface area contributed by atoms with Gasteiger partial charge >= 0.3 is 0 Å². The van der Waals surface area contributed by atoms with Gasteiger partial charge in [-0.05, 0) is 12.8 Å². The molecule has 0 N–H and O–H groups in total. The van der Waals surface area contributed by atoms with Gasteiger partial charge in [0.1, 0.15) is 0 Å². The number of rotatable bonds is 0. The second kappa shape index (κ2) is 1.25. The third-order valence-corrected chi connectivity index (χ3v) is 3.44. The van der Waals surface area contributed by atoms with E-state index in [4.69, 9.17) is 0 Å². The Labute approximate surface area is 61.6 Å². The van der Waals surface area contributed by atoms with Gasteiger partial charge in [-0.25, -0.2) is 0 Å². The summed E-state index contributed by atoms with van der Waals surface area (Å²) in [7, 11) is 0. The molecule has 0 amide bonds. The molecule has 0 radical (unpaired) electrons. The Morgan fingerprint density at radius 2 is 1.10 bits per heavy atom. The first-order valence-corrected chi connectivity index (χ1v) is 4.28. The van der Waals surface area contributed by atoms with Crippen LogP contribution in [0.1, 0.15) is 25.7 Å². The summed E-state index contributed by atoms with van der Waals surface area (Å²) in [6.45, 7) is 0. The zero-order valence-electron chi connectivity index (χ0n) is 6.14. The van der Waals surface area contributed by atoms with Crippen LogP contribution in [-0.2, 0) is 0 Å². The predicted molar refractivity (Wildman–Crippen MR) is 41.6 cm³/mol. The smallest absolute Gasteiger partial charge is 0.0188 e. The van der Waals surface area contributed by atoms with Gasteiger partial charge in [0.15, 0.2) is 0 Å². The van der Waals surface area contributed by atoms with Crippen molar-refractivity contribution in [3.05, 3.63) is 24.3 Å². The largest absolute Gasteiger partial charge is 0.0765 e. The minimum Gasteiger partial charge on any atom is -0.0765 e. The van der Waals surface area contributed by atoms with E-state index in [1.54, 1.807) is 0 Å². The summed E-state index contributed by atoms with van der Waals surface area (Å²) >= 11 is 0. The Hall–Kier alpha value is -0.520. The molecule has 0 aromatic rings. The summed E-state index contributed by atoms with van der Waals surface area (Å²) < 4.78 is 0. The molecule has 0 aromatic carbocycles. The zero-order valence-corrected chi connectivity index (χ0v) is 6.14. The van der Waals surface area contributed by atoms with Crippen LogP contribution in [0, 0.1) is 10.8 Å². The SMILES string of the molecule is C1=CC12CCCCC21C=C1. The Kier molecular flexibility index (Phi) is 0.647. The van der Waals surface area contributed by atoms with E-state index in [1.165, 1.54) is 25.7 Å². The molecule has 0 bridgehead atoms. The molecule has 0 heterocycles. The summed E-state index contributed by atoms with van der Waals surface area (Å²) in [6.07, 6.45) is 15.4. The van der Waals surface area contributed by atoms with Crippen molar-refractivity contribution in [2.24, 2.45) is 10.8 Å². The van der Waals surface area contributed by atoms with Gasteiger partial charge in [0, 0.05) is 10.8 Å². The highest BCUT2D eigenvalue weighted by atomic mass is 14.6.